The largest absolute Gasteiger partial charge is 0.323 e. The molecular weight excluding hydrogens is 439 g/mol. The third-order valence-electron chi connectivity index (χ3n) is 4.17. The lowest BCUT2D eigenvalue weighted by Gasteiger charge is -2.13. The van der Waals surface area contributed by atoms with E-state index in [0.717, 1.165) is 11.6 Å². The Hall–Kier alpha value is -2.14. The van der Waals surface area contributed by atoms with E-state index in [1.807, 2.05) is 11.5 Å². The van der Waals surface area contributed by atoms with E-state index in [0.29, 0.717) is 17.2 Å². The summed E-state index contributed by atoms with van der Waals surface area (Å²) in [4.78, 5) is 16.9. The molecule has 0 fully saturated rings. The van der Waals surface area contributed by atoms with Crippen LogP contribution < -0.4 is 10.5 Å². The van der Waals surface area contributed by atoms with Gasteiger partial charge in [0.2, 0.25) is 15.9 Å². The summed E-state index contributed by atoms with van der Waals surface area (Å²) in [7, 11) is -3.85. The number of halogens is 2. The molecule has 1 heterocycles. The van der Waals surface area contributed by atoms with E-state index in [1.54, 1.807) is 13.0 Å². The van der Waals surface area contributed by atoms with Crippen LogP contribution in [0.15, 0.2) is 46.5 Å². The minimum absolute atomic E-state index is 0.0358. The number of imidazole rings is 1. The maximum Gasteiger partial charge on any atom is 0.238 e. The lowest BCUT2D eigenvalue weighted by atomic mass is 10.3. The second-order valence-electron chi connectivity index (χ2n) is 6.21. The maximum atomic E-state index is 13.9. The fraction of sp³-hybridized carbons (Fsp3) is 0.222. The van der Waals surface area contributed by atoms with Crippen LogP contribution in [0.2, 0.25) is 5.02 Å². The van der Waals surface area contributed by atoms with Gasteiger partial charge in [0, 0.05) is 11.6 Å². The van der Waals surface area contributed by atoms with Crippen molar-refractivity contribution in [1.82, 2.24) is 9.55 Å². The summed E-state index contributed by atoms with van der Waals surface area (Å²) in [5, 5.41) is 7.89. The highest BCUT2D eigenvalue weighted by Gasteiger charge is 2.21. The minimum Gasteiger partial charge on any atom is -0.323 e. The Morgan fingerprint density at radius 1 is 1.34 bits per heavy atom. The van der Waals surface area contributed by atoms with Gasteiger partial charge in [0.05, 0.1) is 26.9 Å². The van der Waals surface area contributed by atoms with Crippen LogP contribution in [-0.2, 0) is 21.4 Å². The van der Waals surface area contributed by atoms with Crippen LogP contribution >= 0.6 is 23.4 Å². The number of nitrogens with two attached hydrogens (primary N) is 1. The molecule has 2 aromatic carbocycles. The molecular formula is C18H18ClFN4O3S2. The van der Waals surface area contributed by atoms with Gasteiger partial charge < -0.3 is 9.88 Å². The molecule has 29 heavy (non-hydrogen) atoms. The summed E-state index contributed by atoms with van der Waals surface area (Å²) in [6.07, 6.45) is 0. The first-order valence-electron chi connectivity index (χ1n) is 8.55. The lowest BCUT2D eigenvalue weighted by molar-refractivity contribution is -0.115. The molecule has 0 aliphatic carbocycles. The number of aryl methyl sites for hydroxylation is 1. The summed E-state index contributed by atoms with van der Waals surface area (Å²) in [5.41, 5.74) is 1.21. The SMILES string of the molecule is CCn1c(SC(C)C(=O)Nc2ccc(Cl)cc2F)nc2cc(S(N)(=O)=O)ccc21. The number of carbonyl (C=O) groups is 1. The number of carbonyl (C=O) groups excluding carboxylic acids is 1. The average molecular weight is 457 g/mol. The van der Waals surface area contributed by atoms with Crippen molar-refractivity contribution in [2.24, 2.45) is 5.14 Å². The molecule has 0 aliphatic rings. The number of fused-ring (bicyclic) bond motifs is 1. The molecule has 0 spiro atoms. The minimum atomic E-state index is -3.85. The molecule has 0 aliphatic heterocycles. The zero-order valence-electron chi connectivity index (χ0n) is 15.5. The molecule has 3 aromatic rings. The van der Waals surface area contributed by atoms with Crippen LogP contribution in [0, 0.1) is 5.82 Å². The number of sulfonamides is 1. The summed E-state index contributed by atoms with van der Waals surface area (Å²) in [6.45, 7) is 4.14. The Morgan fingerprint density at radius 2 is 2.07 bits per heavy atom. The van der Waals surface area contributed by atoms with Crippen LogP contribution in [0.25, 0.3) is 11.0 Å². The van der Waals surface area contributed by atoms with Crippen molar-refractivity contribution < 1.29 is 17.6 Å². The van der Waals surface area contributed by atoms with Gasteiger partial charge in [0.25, 0.3) is 0 Å². The quantitative estimate of drug-likeness (QED) is 0.551. The second kappa shape index (κ2) is 8.31. The molecule has 7 nitrogen and oxygen atoms in total. The predicted molar refractivity (Wildman–Crippen MR) is 112 cm³/mol. The highest BCUT2D eigenvalue weighted by Crippen LogP contribution is 2.29. The van der Waals surface area contributed by atoms with Gasteiger partial charge in [-0.1, -0.05) is 23.4 Å². The van der Waals surface area contributed by atoms with Gasteiger partial charge in [0.1, 0.15) is 5.82 Å². The molecule has 1 atom stereocenters. The van der Waals surface area contributed by atoms with Gasteiger partial charge in [0.15, 0.2) is 5.16 Å². The van der Waals surface area contributed by atoms with Gasteiger partial charge >= 0.3 is 0 Å². The van der Waals surface area contributed by atoms with Gasteiger partial charge in [-0.15, -0.1) is 0 Å². The predicted octanol–water partition coefficient (Wildman–Crippen LogP) is 3.62. The molecule has 3 rings (SSSR count). The molecule has 0 saturated heterocycles. The van der Waals surface area contributed by atoms with Crippen molar-refractivity contribution >= 4 is 56.0 Å². The molecule has 1 aromatic heterocycles. The first-order chi connectivity index (χ1) is 13.6. The van der Waals surface area contributed by atoms with Gasteiger partial charge in [-0.05, 0) is 50.2 Å². The van der Waals surface area contributed by atoms with E-state index in [2.05, 4.69) is 10.3 Å². The summed E-state index contributed by atoms with van der Waals surface area (Å²) < 4.78 is 38.9. The number of nitrogens with zero attached hydrogens (tertiary/aromatic N) is 2. The molecule has 1 amide bonds. The number of primary sulfonamides is 1. The molecule has 154 valence electrons. The van der Waals surface area contributed by atoms with Crippen molar-refractivity contribution in [1.29, 1.82) is 0 Å². The zero-order chi connectivity index (χ0) is 21.3. The summed E-state index contributed by atoms with van der Waals surface area (Å²) in [6, 6.07) is 8.44. The molecule has 11 heteroatoms. The fourth-order valence-electron chi connectivity index (χ4n) is 2.70. The number of thioether (sulfide) groups is 1. The fourth-order valence-corrected chi connectivity index (χ4v) is 4.38. The lowest BCUT2D eigenvalue weighted by Crippen LogP contribution is -2.23. The third-order valence-corrected chi connectivity index (χ3v) is 6.41. The van der Waals surface area contributed by atoms with Crippen molar-refractivity contribution in [2.75, 3.05) is 5.32 Å². The number of nitrogens with one attached hydrogen (secondary N) is 1. The van der Waals surface area contributed by atoms with Crippen LogP contribution in [0.1, 0.15) is 13.8 Å². The van der Waals surface area contributed by atoms with Crippen LogP contribution in [-0.4, -0.2) is 29.1 Å². The van der Waals surface area contributed by atoms with Gasteiger partial charge in [-0.3, -0.25) is 4.79 Å². The number of hydrogen-bond acceptors (Lipinski definition) is 5. The molecule has 1 unspecified atom stereocenters. The highest BCUT2D eigenvalue weighted by atomic mass is 35.5. The second-order valence-corrected chi connectivity index (χ2v) is 9.51. The molecule has 0 radical (unpaired) electrons. The maximum absolute atomic E-state index is 13.9. The topological polar surface area (TPSA) is 107 Å². The Morgan fingerprint density at radius 3 is 2.69 bits per heavy atom. The first kappa shape index (κ1) is 21.6. The Balaban J connectivity index is 1.85. The number of amides is 1. The van der Waals surface area contributed by atoms with Crippen molar-refractivity contribution in [3.05, 3.63) is 47.2 Å². The smallest absolute Gasteiger partial charge is 0.238 e. The monoisotopic (exact) mass is 456 g/mol. The van der Waals surface area contributed by atoms with E-state index in [1.165, 1.54) is 36.0 Å². The van der Waals surface area contributed by atoms with Crippen LogP contribution in [0.4, 0.5) is 10.1 Å². The zero-order valence-corrected chi connectivity index (χ0v) is 17.9. The van der Waals surface area contributed by atoms with Gasteiger partial charge in [-0.2, -0.15) is 0 Å². The highest BCUT2D eigenvalue weighted by molar-refractivity contribution is 8.00. The van der Waals surface area contributed by atoms with E-state index in [-0.39, 0.29) is 15.6 Å². The first-order valence-corrected chi connectivity index (χ1v) is 11.4. The Kier molecular flexibility index (Phi) is 6.18. The number of rotatable bonds is 6. The van der Waals surface area contributed by atoms with E-state index in [4.69, 9.17) is 16.7 Å². The van der Waals surface area contributed by atoms with Crippen molar-refractivity contribution in [3.63, 3.8) is 0 Å². The summed E-state index contributed by atoms with van der Waals surface area (Å²) in [5.74, 6) is -1.03. The number of anilines is 1. The van der Waals surface area contributed by atoms with Crippen LogP contribution in [0.3, 0.4) is 0 Å². The summed E-state index contributed by atoms with van der Waals surface area (Å²) >= 11 is 6.90. The molecule has 0 saturated carbocycles. The number of aromatic nitrogens is 2. The molecule has 0 bridgehead atoms. The number of hydrogen-bond donors (Lipinski definition) is 2. The number of benzene rings is 2. The molecule has 3 N–H and O–H groups in total. The van der Waals surface area contributed by atoms with Crippen LogP contribution in [0.5, 0.6) is 0 Å². The van der Waals surface area contributed by atoms with Gasteiger partial charge in [-0.25, -0.2) is 22.9 Å². The Bertz CT molecular complexity index is 1200. The average Bonchev–Trinajstić information content (AvgIpc) is 2.99. The van der Waals surface area contributed by atoms with E-state index >= 15 is 0 Å². The third kappa shape index (κ3) is 4.72. The Labute approximate surface area is 176 Å². The van der Waals surface area contributed by atoms with E-state index < -0.39 is 27.0 Å². The standard InChI is InChI=1S/C18H18ClFN4O3S2/c1-3-24-16-7-5-12(29(21,26)27)9-15(16)23-18(24)28-10(2)17(25)22-14-6-4-11(19)8-13(14)20/h4-10H,3H2,1-2H3,(H,22,25)(H2,21,26,27). The van der Waals surface area contributed by atoms with Crippen molar-refractivity contribution in [2.45, 2.75) is 35.7 Å². The normalized spacial score (nSPS) is 12.9. The van der Waals surface area contributed by atoms with E-state index in [9.17, 15) is 17.6 Å². The van der Waals surface area contributed by atoms with Crippen molar-refractivity contribution in [3.8, 4) is 0 Å².